The maximum Gasteiger partial charge on any atom is 0.416 e. The fourth-order valence-corrected chi connectivity index (χ4v) is 5.80. The standard InChI is InChI=1S/C31H37F4NO4S/c1-29(2,23-10-12-25(32)13-11-23)21-36(20-22-8-6-9-24(18-22)31(33,34)35)16-7-17-40-26-14-15-27(30(3,4)37)28(19-26)41(5,38)39/h6,8-15,18-19,37H,7,16-17,20-21H2,1-5H3. The molecule has 0 aromatic heterocycles. The van der Waals surface area contributed by atoms with Crippen LogP contribution in [0.25, 0.3) is 0 Å². The second kappa shape index (κ2) is 12.5. The van der Waals surface area contributed by atoms with E-state index in [1.165, 1.54) is 44.2 Å². The van der Waals surface area contributed by atoms with Crippen LogP contribution in [0.4, 0.5) is 17.6 Å². The third-order valence-corrected chi connectivity index (χ3v) is 7.94. The molecular weight excluding hydrogens is 558 g/mol. The minimum Gasteiger partial charge on any atom is -0.494 e. The van der Waals surface area contributed by atoms with Gasteiger partial charge in [-0.1, -0.05) is 50.2 Å². The molecule has 0 aliphatic rings. The van der Waals surface area contributed by atoms with Gasteiger partial charge in [-0.3, -0.25) is 4.90 Å². The third kappa shape index (κ3) is 9.28. The Morgan fingerprint density at radius 1 is 0.902 bits per heavy atom. The molecule has 0 radical (unpaired) electrons. The van der Waals surface area contributed by atoms with E-state index < -0.39 is 32.6 Å². The first-order valence-corrected chi connectivity index (χ1v) is 15.1. The molecule has 1 N–H and O–H groups in total. The average molecular weight is 596 g/mol. The summed E-state index contributed by atoms with van der Waals surface area (Å²) in [6.07, 6.45) is -2.89. The Morgan fingerprint density at radius 2 is 1.56 bits per heavy atom. The van der Waals surface area contributed by atoms with Crippen LogP contribution in [0.3, 0.4) is 0 Å². The van der Waals surface area contributed by atoms with E-state index in [1.807, 2.05) is 18.7 Å². The lowest BCUT2D eigenvalue weighted by atomic mass is 9.84. The molecule has 0 aliphatic heterocycles. The van der Waals surface area contributed by atoms with Crippen molar-refractivity contribution in [3.05, 3.63) is 94.8 Å². The predicted octanol–water partition coefficient (Wildman–Crippen LogP) is 6.72. The molecule has 3 rings (SSSR count). The first kappa shape index (κ1) is 32.6. The molecule has 0 spiro atoms. The number of hydrogen-bond acceptors (Lipinski definition) is 5. The largest absolute Gasteiger partial charge is 0.494 e. The van der Waals surface area contributed by atoms with E-state index in [0.717, 1.165) is 24.0 Å². The van der Waals surface area contributed by atoms with Crippen LogP contribution in [0.15, 0.2) is 71.6 Å². The smallest absolute Gasteiger partial charge is 0.416 e. The average Bonchev–Trinajstić information content (AvgIpc) is 2.85. The van der Waals surface area contributed by atoms with E-state index in [0.29, 0.717) is 30.8 Å². The molecule has 0 unspecified atom stereocenters. The number of sulfone groups is 1. The van der Waals surface area contributed by atoms with Gasteiger partial charge < -0.3 is 9.84 Å². The van der Waals surface area contributed by atoms with E-state index in [-0.39, 0.29) is 29.4 Å². The molecule has 10 heteroatoms. The molecule has 0 heterocycles. The monoisotopic (exact) mass is 595 g/mol. The minimum absolute atomic E-state index is 0.0188. The van der Waals surface area contributed by atoms with Crippen LogP contribution < -0.4 is 4.74 Å². The Bertz CT molecular complexity index is 1430. The van der Waals surface area contributed by atoms with Crippen molar-refractivity contribution in [2.45, 2.75) is 62.7 Å². The summed E-state index contributed by atoms with van der Waals surface area (Å²) in [7, 11) is -3.63. The van der Waals surface area contributed by atoms with Crippen molar-refractivity contribution in [2.24, 2.45) is 0 Å². The highest BCUT2D eigenvalue weighted by atomic mass is 32.2. The van der Waals surface area contributed by atoms with Crippen LogP contribution in [-0.4, -0.2) is 44.4 Å². The first-order chi connectivity index (χ1) is 18.9. The van der Waals surface area contributed by atoms with Crippen LogP contribution in [0.1, 0.15) is 56.4 Å². The van der Waals surface area contributed by atoms with Gasteiger partial charge in [0, 0.05) is 36.9 Å². The number of rotatable bonds is 12. The topological polar surface area (TPSA) is 66.8 Å². The Balaban J connectivity index is 1.77. The molecule has 0 bridgehead atoms. The van der Waals surface area contributed by atoms with E-state index >= 15 is 0 Å². The zero-order chi connectivity index (χ0) is 30.6. The number of alkyl halides is 3. The lowest BCUT2D eigenvalue weighted by Crippen LogP contribution is -2.37. The first-order valence-electron chi connectivity index (χ1n) is 13.2. The Kier molecular flexibility index (Phi) is 9.93. The van der Waals surface area contributed by atoms with Crippen LogP contribution >= 0.6 is 0 Å². The van der Waals surface area contributed by atoms with Gasteiger partial charge in [0.2, 0.25) is 0 Å². The summed E-state index contributed by atoms with van der Waals surface area (Å²) in [5.41, 5.74) is -0.846. The molecule has 0 fully saturated rings. The second-order valence-electron chi connectivity index (χ2n) is 11.5. The molecule has 5 nitrogen and oxygen atoms in total. The van der Waals surface area contributed by atoms with Gasteiger partial charge in [0.25, 0.3) is 0 Å². The van der Waals surface area contributed by atoms with Crippen LogP contribution in [0, 0.1) is 5.82 Å². The number of nitrogens with zero attached hydrogens (tertiary/aromatic N) is 1. The zero-order valence-electron chi connectivity index (χ0n) is 23.9. The van der Waals surface area contributed by atoms with Crippen LogP contribution in [-0.2, 0) is 33.6 Å². The Morgan fingerprint density at radius 3 is 2.15 bits per heavy atom. The summed E-state index contributed by atoms with van der Waals surface area (Å²) >= 11 is 0. The van der Waals surface area contributed by atoms with E-state index in [4.69, 9.17) is 4.74 Å². The van der Waals surface area contributed by atoms with Gasteiger partial charge in [0.15, 0.2) is 9.84 Å². The molecule has 0 amide bonds. The van der Waals surface area contributed by atoms with Crippen LogP contribution in [0.2, 0.25) is 0 Å². The second-order valence-corrected chi connectivity index (χ2v) is 13.5. The fourth-order valence-electron chi connectivity index (χ4n) is 4.75. The number of ether oxygens (including phenoxy) is 1. The molecule has 0 aliphatic carbocycles. The maximum absolute atomic E-state index is 13.5. The lowest BCUT2D eigenvalue weighted by Gasteiger charge is -2.33. The normalized spacial score (nSPS) is 13.0. The van der Waals surface area contributed by atoms with E-state index in [1.54, 1.807) is 24.3 Å². The summed E-state index contributed by atoms with van der Waals surface area (Å²) in [5.74, 6) is -0.0216. The van der Waals surface area contributed by atoms with Crippen LogP contribution in [0.5, 0.6) is 5.75 Å². The zero-order valence-corrected chi connectivity index (χ0v) is 24.7. The summed E-state index contributed by atoms with van der Waals surface area (Å²) in [5, 5.41) is 10.4. The van der Waals surface area contributed by atoms with Gasteiger partial charge in [-0.25, -0.2) is 12.8 Å². The van der Waals surface area contributed by atoms with Gasteiger partial charge in [-0.15, -0.1) is 0 Å². The van der Waals surface area contributed by atoms with Crippen molar-refractivity contribution in [1.29, 1.82) is 0 Å². The van der Waals surface area contributed by atoms with Crippen molar-refractivity contribution < 1.29 is 35.8 Å². The van der Waals surface area contributed by atoms with Gasteiger partial charge >= 0.3 is 6.18 Å². The van der Waals surface area contributed by atoms with E-state index in [9.17, 15) is 31.1 Å². The molecule has 3 aromatic rings. The number of hydrogen-bond donors (Lipinski definition) is 1. The van der Waals surface area contributed by atoms with Crippen molar-refractivity contribution in [3.8, 4) is 5.75 Å². The molecule has 41 heavy (non-hydrogen) atoms. The molecule has 0 saturated carbocycles. The maximum atomic E-state index is 13.5. The SMILES string of the molecule is CC(C)(O)c1ccc(OCCCN(Cc2cccc(C(F)(F)F)c2)CC(C)(C)c2ccc(F)cc2)cc1S(C)(=O)=O. The van der Waals surface area contributed by atoms with Gasteiger partial charge in [-0.05, 0) is 61.7 Å². The Labute approximate surface area is 239 Å². The van der Waals surface area contributed by atoms with Crippen molar-refractivity contribution in [2.75, 3.05) is 26.0 Å². The molecular formula is C31H37F4NO4S. The van der Waals surface area contributed by atoms with E-state index in [2.05, 4.69) is 0 Å². The number of aliphatic hydroxyl groups is 1. The van der Waals surface area contributed by atoms with Crippen molar-refractivity contribution >= 4 is 9.84 Å². The highest BCUT2D eigenvalue weighted by Gasteiger charge is 2.31. The Hall–Kier alpha value is -2.95. The number of halogens is 4. The highest BCUT2D eigenvalue weighted by Crippen LogP contribution is 2.32. The lowest BCUT2D eigenvalue weighted by molar-refractivity contribution is -0.137. The molecule has 0 saturated heterocycles. The molecule has 3 aromatic carbocycles. The molecule has 224 valence electrons. The van der Waals surface area contributed by atoms with Crippen molar-refractivity contribution in [1.82, 2.24) is 4.90 Å². The highest BCUT2D eigenvalue weighted by molar-refractivity contribution is 7.90. The quantitative estimate of drug-likeness (QED) is 0.186. The van der Waals surface area contributed by atoms with Gasteiger partial charge in [0.1, 0.15) is 11.6 Å². The molecule has 0 atom stereocenters. The van der Waals surface area contributed by atoms with Gasteiger partial charge in [0.05, 0.1) is 22.7 Å². The summed E-state index contributed by atoms with van der Waals surface area (Å²) in [4.78, 5) is 2.01. The predicted molar refractivity (Wildman–Crippen MR) is 151 cm³/mol. The fraction of sp³-hybridized carbons (Fsp3) is 0.419. The minimum atomic E-state index is -4.45. The number of benzene rings is 3. The van der Waals surface area contributed by atoms with Gasteiger partial charge in [-0.2, -0.15) is 13.2 Å². The third-order valence-electron chi connectivity index (χ3n) is 6.80. The summed E-state index contributed by atoms with van der Waals surface area (Å²) < 4.78 is 84.0. The van der Waals surface area contributed by atoms with Crippen molar-refractivity contribution in [3.63, 3.8) is 0 Å². The summed E-state index contributed by atoms with van der Waals surface area (Å²) in [6, 6.07) is 15.9. The summed E-state index contributed by atoms with van der Waals surface area (Å²) in [6.45, 7) is 8.43.